The highest BCUT2D eigenvalue weighted by atomic mass is 31.2. The molecule has 0 aliphatic carbocycles. The summed E-state index contributed by atoms with van der Waals surface area (Å²) in [6.07, 6.45) is 37.2. The molecule has 11 heteroatoms. The van der Waals surface area contributed by atoms with Gasteiger partial charge in [-0.1, -0.05) is 141 Å². The van der Waals surface area contributed by atoms with Crippen LogP contribution in [-0.2, 0) is 32.7 Å². The highest BCUT2D eigenvalue weighted by molar-refractivity contribution is 7.47. The number of phosphoric acid groups is 1. The standard InChI is InChI=1S/C42H79O10P/c1-3-5-7-9-11-13-15-17-18-19-20-22-24-26-28-30-32-34-42(46)52-40(36-44)38-50-53(47,48)49-37-39(35-43)51-41(45)33-31-29-27-25-23-21-16-14-12-10-8-6-4-2/h14,16-18,39-40,43-44H,3-13,15,19-38H2,1-2H3,(H,47,48)/b16-14-,18-17-. The molecule has 0 aromatic carbocycles. The molecule has 0 rings (SSSR count). The molecule has 0 aliphatic heterocycles. The fourth-order valence-electron chi connectivity index (χ4n) is 5.81. The van der Waals surface area contributed by atoms with Gasteiger partial charge in [-0.15, -0.1) is 0 Å². The van der Waals surface area contributed by atoms with Gasteiger partial charge in [-0.2, -0.15) is 0 Å². The Hall–Kier alpha value is -1.55. The van der Waals surface area contributed by atoms with Crippen molar-refractivity contribution in [3.63, 3.8) is 0 Å². The number of aliphatic hydroxyl groups excluding tert-OH is 2. The van der Waals surface area contributed by atoms with E-state index in [-0.39, 0.29) is 12.8 Å². The molecular weight excluding hydrogens is 695 g/mol. The molecule has 0 bridgehead atoms. The van der Waals surface area contributed by atoms with Gasteiger partial charge in [-0.05, 0) is 64.2 Å². The van der Waals surface area contributed by atoms with Crippen LogP contribution in [0.3, 0.4) is 0 Å². The molecule has 10 nitrogen and oxygen atoms in total. The molecule has 0 saturated carbocycles. The first kappa shape index (κ1) is 51.5. The fourth-order valence-corrected chi connectivity index (χ4v) is 6.59. The maximum atomic E-state index is 12.3. The Morgan fingerprint density at radius 1 is 0.491 bits per heavy atom. The third kappa shape index (κ3) is 37.2. The van der Waals surface area contributed by atoms with Crippen molar-refractivity contribution in [2.75, 3.05) is 26.4 Å². The summed E-state index contributed by atoms with van der Waals surface area (Å²) in [7, 11) is -4.63. The molecule has 312 valence electrons. The van der Waals surface area contributed by atoms with E-state index in [4.69, 9.17) is 18.5 Å². The smallest absolute Gasteiger partial charge is 0.457 e. The zero-order valence-electron chi connectivity index (χ0n) is 33.7. The van der Waals surface area contributed by atoms with Gasteiger partial charge < -0.3 is 24.6 Å². The SMILES string of the molecule is CCCCCC/C=C\CCCCCCCC(=O)OC(CO)COP(=O)(O)OCC(CO)OC(=O)CCCCCCCCC/C=C\CCCCCCCC. The van der Waals surface area contributed by atoms with Crippen LogP contribution in [0, 0.1) is 0 Å². The van der Waals surface area contributed by atoms with Gasteiger partial charge in [0.2, 0.25) is 0 Å². The van der Waals surface area contributed by atoms with Gasteiger partial charge in [-0.25, -0.2) is 4.57 Å². The monoisotopic (exact) mass is 775 g/mol. The molecule has 3 unspecified atom stereocenters. The van der Waals surface area contributed by atoms with Crippen molar-refractivity contribution >= 4 is 19.8 Å². The Balaban J connectivity index is 3.93. The number of allylic oxidation sites excluding steroid dienone is 4. The summed E-state index contributed by atoms with van der Waals surface area (Å²) in [5.41, 5.74) is 0. The fraction of sp³-hybridized carbons (Fsp3) is 0.857. The molecule has 0 radical (unpaired) electrons. The molecular formula is C42H79O10P. The normalized spacial score (nSPS) is 14.1. The Labute approximate surface area is 323 Å². The van der Waals surface area contributed by atoms with Gasteiger partial charge in [-0.3, -0.25) is 18.6 Å². The van der Waals surface area contributed by atoms with Crippen LogP contribution in [0.25, 0.3) is 0 Å². The van der Waals surface area contributed by atoms with Crippen LogP contribution in [-0.4, -0.2) is 65.7 Å². The quantitative estimate of drug-likeness (QED) is 0.0238. The second-order valence-electron chi connectivity index (χ2n) is 14.3. The molecule has 0 aromatic heterocycles. The number of esters is 2. The minimum atomic E-state index is -4.63. The molecule has 0 heterocycles. The predicted molar refractivity (Wildman–Crippen MR) is 215 cm³/mol. The first-order valence-electron chi connectivity index (χ1n) is 21.3. The van der Waals surface area contributed by atoms with E-state index in [0.29, 0.717) is 12.8 Å². The zero-order chi connectivity index (χ0) is 39.1. The maximum Gasteiger partial charge on any atom is 0.472 e. The summed E-state index contributed by atoms with van der Waals surface area (Å²) in [6, 6.07) is 0. The Morgan fingerprint density at radius 2 is 0.774 bits per heavy atom. The first-order valence-corrected chi connectivity index (χ1v) is 22.8. The van der Waals surface area contributed by atoms with Crippen molar-refractivity contribution < 1.29 is 47.8 Å². The Kier molecular flexibility index (Phi) is 37.6. The van der Waals surface area contributed by atoms with Crippen molar-refractivity contribution in [3.05, 3.63) is 24.3 Å². The highest BCUT2D eigenvalue weighted by Gasteiger charge is 2.27. The minimum absolute atomic E-state index is 0.183. The summed E-state index contributed by atoms with van der Waals surface area (Å²) in [5.74, 6) is -1.03. The van der Waals surface area contributed by atoms with Crippen LogP contribution in [0.2, 0.25) is 0 Å². The van der Waals surface area contributed by atoms with Crippen molar-refractivity contribution in [1.82, 2.24) is 0 Å². The van der Waals surface area contributed by atoms with E-state index < -0.39 is 58.4 Å². The van der Waals surface area contributed by atoms with E-state index in [1.54, 1.807) is 0 Å². The Bertz CT molecular complexity index is 941. The van der Waals surface area contributed by atoms with Gasteiger partial charge in [0.25, 0.3) is 0 Å². The van der Waals surface area contributed by atoms with Gasteiger partial charge >= 0.3 is 19.8 Å². The van der Waals surface area contributed by atoms with E-state index in [0.717, 1.165) is 64.2 Å². The third-order valence-electron chi connectivity index (χ3n) is 9.14. The average Bonchev–Trinajstić information content (AvgIpc) is 3.14. The van der Waals surface area contributed by atoms with Crippen molar-refractivity contribution in [2.24, 2.45) is 0 Å². The van der Waals surface area contributed by atoms with Gasteiger partial charge in [0.05, 0.1) is 26.4 Å². The largest absolute Gasteiger partial charge is 0.472 e. The topological polar surface area (TPSA) is 149 Å². The van der Waals surface area contributed by atoms with Gasteiger partial charge in [0.1, 0.15) is 12.2 Å². The molecule has 3 atom stereocenters. The number of phosphoric ester groups is 1. The van der Waals surface area contributed by atoms with Crippen LogP contribution < -0.4 is 0 Å². The summed E-state index contributed by atoms with van der Waals surface area (Å²) < 4.78 is 32.5. The average molecular weight is 775 g/mol. The number of carbonyl (C=O) groups excluding carboxylic acids is 2. The highest BCUT2D eigenvalue weighted by Crippen LogP contribution is 2.43. The minimum Gasteiger partial charge on any atom is -0.457 e. The number of rotatable bonds is 40. The number of hydrogen-bond acceptors (Lipinski definition) is 9. The van der Waals surface area contributed by atoms with Crippen molar-refractivity contribution in [2.45, 2.75) is 206 Å². The summed E-state index contributed by atoms with van der Waals surface area (Å²) in [4.78, 5) is 34.5. The summed E-state index contributed by atoms with van der Waals surface area (Å²) >= 11 is 0. The lowest BCUT2D eigenvalue weighted by molar-refractivity contribution is -0.153. The Morgan fingerprint density at radius 3 is 1.09 bits per heavy atom. The zero-order valence-corrected chi connectivity index (χ0v) is 34.6. The maximum absolute atomic E-state index is 12.3. The number of ether oxygens (including phenoxy) is 2. The summed E-state index contributed by atoms with van der Waals surface area (Å²) in [5, 5.41) is 19.1. The van der Waals surface area contributed by atoms with Crippen LogP contribution in [0.15, 0.2) is 24.3 Å². The van der Waals surface area contributed by atoms with E-state index in [9.17, 15) is 29.3 Å². The van der Waals surface area contributed by atoms with Gasteiger partial charge in [0.15, 0.2) is 0 Å². The van der Waals surface area contributed by atoms with E-state index >= 15 is 0 Å². The molecule has 0 spiro atoms. The van der Waals surface area contributed by atoms with E-state index in [1.165, 1.54) is 89.9 Å². The lowest BCUT2D eigenvalue weighted by Crippen LogP contribution is -2.28. The molecule has 0 aromatic rings. The van der Waals surface area contributed by atoms with Crippen LogP contribution in [0.1, 0.15) is 194 Å². The van der Waals surface area contributed by atoms with Crippen LogP contribution in [0.5, 0.6) is 0 Å². The number of aliphatic hydroxyl groups is 2. The molecule has 0 amide bonds. The van der Waals surface area contributed by atoms with Crippen molar-refractivity contribution in [1.29, 1.82) is 0 Å². The molecule has 0 saturated heterocycles. The van der Waals surface area contributed by atoms with Crippen molar-refractivity contribution in [3.8, 4) is 0 Å². The molecule has 3 N–H and O–H groups in total. The lowest BCUT2D eigenvalue weighted by Gasteiger charge is -2.20. The van der Waals surface area contributed by atoms with Crippen LogP contribution >= 0.6 is 7.82 Å². The van der Waals surface area contributed by atoms with Crippen LogP contribution in [0.4, 0.5) is 0 Å². The van der Waals surface area contributed by atoms with E-state index in [1.807, 2.05) is 0 Å². The first-order chi connectivity index (χ1) is 25.8. The third-order valence-corrected chi connectivity index (χ3v) is 10.1. The number of unbranched alkanes of at least 4 members (excludes halogenated alkanes) is 22. The second-order valence-corrected chi connectivity index (χ2v) is 15.8. The number of carbonyl (C=O) groups is 2. The lowest BCUT2D eigenvalue weighted by atomic mass is 10.1. The van der Waals surface area contributed by atoms with Gasteiger partial charge in [0, 0.05) is 12.8 Å². The second kappa shape index (κ2) is 38.7. The predicted octanol–water partition coefficient (Wildman–Crippen LogP) is 11.0. The molecule has 0 aliphatic rings. The summed E-state index contributed by atoms with van der Waals surface area (Å²) in [6.45, 7) is 2.18. The molecule has 0 fully saturated rings. The molecule has 53 heavy (non-hydrogen) atoms. The number of hydrogen-bond donors (Lipinski definition) is 3. The van der Waals surface area contributed by atoms with E-state index in [2.05, 4.69) is 38.2 Å².